The van der Waals surface area contributed by atoms with Crippen molar-refractivity contribution in [2.24, 2.45) is 0 Å². The van der Waals surface area contributed by atoms with Crippen LogP contribution in [-0.2, 0) is 6.42 Å². The van der Waals surface area contributed by atoms with Crippen molar-refractivity contribution in [3.8, 4) is 11.1 Å². The van der Waals surface area contributed by atoms with Crippen molar-refractivity contribution in [3.63, 3.8) is 0 Å². The van der Waals surface area contributed by atoms with Crippen LogP contribution in [0.1, 0.15) is 41.1 Å². The van der Waals surface area contributed by atoms with Crippen LogP contribution < -0.4 is 5.56 Å². The number of pyridine rings is 1. The fourth-order valence-corrected chi connectivity index (χ4v) is 6.06. The van der Waals surface area contributed by atoms with Crippen LogP contribution in [0.3, 0.4) is 0 Å². The fourth-order valence-electron chi connectivity index (χ4n) is 4.94. The third kappa shape index (κ3) is 4.66. The second-order valence-electron chi connectivity index (χ2n) is 9.33. The van der Waals surface area contributed by atoms with Crippen LogP contribution in [0, 0.1) is 13.8 Å². The summed E-state index contributed by atoms with van der Waals surface area (Å²) < 4.78 is 0. The molecule has 3 aromatic heterocycles. The normalized spacial score (nSPS) is 14.3. The molecule has 2 N–H and O–H groups in total. The van der Waals surface area contributed by atoms with Gasteiger partial charge in [0, 0.05) is 21.3 Å². The summed E-state index contributed by atoms with van der Waals surface area (Å²) >= 11 is 13.7. The molecule has 190 valence electrons. The molecular weight excluding hydrogens is 537 g/mol. The number of hydrogen-bond donors (Lipinski definition) is 2. The van der Waals surface area contributed by atoms with E-state index >= 15 is 0 Å². The highest BCUT2D eigenvalue weighted by Gasteiger charge is 2.25. The van der Waals surface area contributed by atoms with Gasteiger partial charge < -0.3 is 4.98 Å². The number of nitrogens with one attached hydrogen (secondary N) is 2. The summed E-state index contributed by atoms with van der Waals surface area (Å²) in [6, 6.07) is 15.4. The number of aromatic amines is 2. The van der Waals surface area contributed by atoms with Crippen molar-refractivity contribution in [2.75, 3.05) is 0 Å². The van der Waals surface area contributed by atoms with Gasteiger partial charge in [0.2, 0.25) is 0 Å². The van der Waals surface area contributed by atoms with Crippen molar-refractivity contribution in [1.29, 1.82) is 0 Å². The van der Waals surface area contributed by atoms with E-state index < -0.39 is 0 Å². The molecule has 0 unspecified atom stereocenters. The van der Waals surface area contributed by atoms with E-state index in [0.717, 1.165) is 69.1 Å². The van der Waals surface area contributed by atoms with Crippen molar-refractivity contribution < 1.29 is 0 Å². The molecule has 0 bridgehead atoms. The second-order valence-corrected chi connectivity index (χ2v) is 11.2. The van der Waals surface area contributed by atoms with Crippen molar-refractivity contribution in [1.82, 2.24) is 25.1 Å². The highest BCUT2D eigenvalue weighted by atomic mass is 35.5. The molecule has 5 aromatic rings. The Morgan fingerprint density at radius 3 is 2.34 bits per heavy atom. The molecule has 0 saturated heterocycles. The summed E-state index contributed by atoms with van der Waals surface area (Å²) in [7, 11) is 0. The van der Waals surface area contributed by atoms with E-state index in [1.807, 2.05) is 62.4 Å². The zero-order valence-corrected chi connectivity index (χ0v) is 23.1. The topological polar surface area (TPSA) is 87.3 Å². The van der Waals surface area contributed by atoms with Crippen molar-refractivity contribution >= 4 is 57.6 Å². The molecule has 1 aliphatic carbocycles. The Labute approximate surface area is 233 Å². The summed E-state index contributed by atoms with van der Waals surface area (Å²) in [6.45, 7) is 3.87. The largest absolute Gasteiger partial charge is 0.301 e. The molecule has 0 aliphatic heterocycles. The van der Waals surface area contributed by atoms with Crippen LogP contribution >= 0.6 is 35.0 Å². The summed E-state index contributed by atoms with van der Waals surface area (Å²) in [6.07, 6.45) is 4.81. The maximum Gasteiger partial charge on any atom is 0.261 e. The molecule has 2 aromatic carbocycles. The van der Waals surface area contributed by atoms with Crippen LogP contribution in [0.5, 0.6) is 0 Å². The van der Waals surface area contributed by atoms with Gasteiger partial charge in [-0.05, 0) is 97.5 Å². The van der Waals surface area contributed by atoms with Gasteiger partial charge in [-0.25, -0.2) is 9.97 Å². The molecule has 6 nitrogen and oxygen atoms in total. The molecule has 0 fully saturated rings. The molecule has 0 amide bonds. The Morgan fingerprint density at radius 1 is 0.947 bits per heavy atom. The highest BCUT2D eigenvalue weighted by Crippen LogP contribution is 2.40. The van der Waals surface area contributed by atoms with E-state index in [1.54, 1.807) is 0 Å². The number of benzene rings is 2. The van der Waals surface area contributed by atoms with E-state index in [-0.39, 0.29) is 5.56 Å². The maximum absolute atomic E-state index is 13.6. The maximum atomic E-state index is 13.6. The third-order valence-corrected chi connectivity index (χ3v) is 8.41. The number of hydrogen-bond acceptors (Lipinski definition) is 5. The van der Waals surface area contributed by atoms with E-state index in [4.69, 9.17) is 33.2 Å². The number of allylic oxidation sites excluding steroid dienone is 1. The number of rotatable bonds is 4. The lowest BCUT2D eigenvalue weighted by atomic mass is 9.84. The number of aryl methyl sites for hydroxylation is 2. The van der Waals surface area contributed by atoms with Crippen molar-refractivity contribution in [2.45, 2.75) is 43.2 Å². The number of H-pyrrole nitrogens is 2. The minimum atomic E-state index is -0.217. The quantitative estimate of drug-likeness (QED) is 0.220. The number of aromatic nitrogens is 5. The Balaban J connectivity index is 1.60. The lowest BCUT2D eigenvalue weighted by molar-refractivity contribution is 0.813. The zero-order valence-electron chi connectivity index (χ0n) is 20.7. The fraction of sp³-hybridized carbons (Fsp3) is 0.172. The molecule has 9 heteroatoms. The Morgan fingerprint density at radius 2 is 1.66 bits per heavy atom. The molecule has 0 radical (unpaired) electrons. The summed E-state index contributed by atoms with van der Waals surface area (Å²) in [5.41, 5.74) is 7.86. The van der Waals surface area contributed by atoms with Crippen LogP contribution in [0.4, 0.5) is 0 Å². The lowest BCUT2D eigenvalue weighted by Crippen LogP contribution is -2.16. The standard InChI is InChI=1S/C29H23Cl2N5OS/c1-15-26(16(2)36-35-15)38-29-33-27-24(28(37)34-29)23(18-8-12-21(31)13-9-18)22-5-3-4-19(25(22)32-27)14-17-6-10-20(30)11-7-17/h6-14H,3-5H2,1-2H3,(H,35,36)(H,32,33,34,37)/b19-14+. The van der Waals surface area contributed by atoms with E-state index in [2.05, 4.69) is 21.3 Å². The SMILES string of the molecule is Cc1n[nH]c(C)c1Sc1nc2nc3c(c(-c4ccc(Cl)cc4)c2c(=O)[nH]1)CCC/C3=C\c1ccc(Cl)cc1. The average molecular weight is 561 g/mol. The first-order valence-electron chi connectivity index (χ1n) is 12.3. The van der Waals surface area contributed by atoms with Gasteiger partial charge in [-0.15, -0.1) is 0 Å². The first-order valence-corrected chi connectivity index (χ1v) is 13.8. The zero-order chi connectivity index (χ0) is 26.4. The van der Waals surface area contributed by atoms with Crippen LogP contribution in [0.2, 0.25) is 10.0 Å². The van der Waals surface area contributed by atoms with Gasteiger partial charge in [0.15, 0.2) is 10.8 Å². The summed E-state index contributed by atoms with van der Waals surface area (Å²) in [5, 5.41) is 9.55. The van der Waals surface area contributed by atoms with Gasteiger partial charge in [0.05, 0.1) is 21.7 Å². The van der Waals surface area contributed by atoms with Crippen LogP contribution in [0.15, 0.2) is 63.4 Å². The second kappa shape index (κ2) is 10.1. The van der Waals surface area contributed by atoms with Gasteiger partial charge >= 0.3 is 0 Å². The van der Waals surface area contributed by atoms with Crippen molar-refractivity contribution in [3.05, 3.63) is 97.1 Å². The van der Waals surface area contributed by atoms with E-state index in [0.29, 0.717) is 26.2 Å². The smallest absolute Gasteiger partial charge is 0.261 e. The number of fused-ring (bicyclic) bond motifs is 2. The Kier molecular flexibility index (Phi) is 6.60. The minimum Gasteiger partial charge on any atom is -0.301 e. The number of halogens is 2. The lowest BCUT2D eigenvalue weighted by Gasteiger charge is -2.23. The molecule has 0 spiro atoms. The summed E-state index contributed by atoms with van der Waals surface area (Å²) in [5.74, 6) is 0. The van der Waals surface area contributed by atoms with Crippen LogP contribution in [-0.4, -0.2) is 25.1 Å². The average Bonchev–Trinajstić information content (AvgIpc) is 3.22. The monoisotopic (exact) mass is 559 g/mol. The van der Waals surface area contributed by atoms with E-state index in [1.165, 1.54) is 11.8 Å². The predicted octanol–water partition coefficient (Wildman–Crippen LogP) is 7.66. The number of nitrogens with zero attached hydrogens (tertiary/aromatic N) is 3. The van der Waals surface area contributed by atoms with Gasteiger partial charge in [-0.3, -0.25) is 9.89 Å². The predicted molar refractivity (Wildman–Crippen MR) is 155 cm³/mol. The molecule has 38 heavy (non-hydrogen) atoms. The first kappa shape index (κ1) is 24.9. The minimum absolute atomic E-state index is 0.217. The van der Waals surface area contributed by atoms with Crippen LogP contribution in [0.25, 0.3) is 33.8 Å². The molecule has 0 atom stereocenters. The Hall–Kier alpha value is -3.39. The summed E-state index contributed by atoms with van der Waals surface area (Å²) in [4.78, 5) is 27.4. The van der Waals surface area contributed by atoms with E-state index in [9.17, 15) is 4.79 Å². The van der Waals surface area contributed by atoms with Gasteiger partial charge in [-0.2, -0.15) is 5.10 Å². The molecular formula is C29H23Cl2N5OS. The highest BCUT2D eigenvalue weighted by molar-refractivity contribution is 7.99. The molecule has 6 rings (SSSR count). The third-order valence-electron chi connectivity index (χ3n) is 6.71. The van der Waals surface area contributed by atoms with Gasteiger partial charge in [0.1, 0.15) is 0 Å². The molecule has 0 saturated carbocycles. The molecule has 1 aliphatic rings. The molecule has 3 heterocycles. The first-order chi connectivity index (χ1) is 18.4. The Bertz CT molecular complexity index is 1750. The van der Waals surface area contributed by atoms with Gasteiger partial charge in [-0.1, -0.05) is 47.5 Å². The van der Waals surface area contributed by atoms with Gasteiger partial charge in [0.25, 0.3) is 5.56 Å².